The second-order valence-corrected chi connectivity index (χ2v) is 23.2. The molecule has 1 amide bonds. The van der Waals surface area contributed by atoms with E-state index in [0.717, 1.165) is 38.5 Å². The van der Waals surface area contributed by atoms with Gasteiger partial charge in [-0.2, -0.15) is 0 Å². The Morgan fingerprint density at radius 3 is 0.973 bits per heavy atom. The number of unbranched alkanes of at least 4 members (excludes halogenated alkanes) is 50. The Morgan fingerprint density at radius 1 is 0.370 bits per heavy atom. The number of amides is 1. The van der Waals surface area contributed by atoms with Crippen molar-refractivity contribution in [2.45, 2.75) is 392 Å². The average molecular weight is 1030 g/mol. The third kappa shape index (κ3) is 59.7. The second kappa shape index (κ2) is 63.1. The van der Waals surface area contributed by atoms with Gasteiger partial charge in [-0.05, 0) is 51.4 Å². The molecule has 3 N–H and O–H groups in total. The maximum atomic E-state index is 12.5. The van der Waals surface area contributed by atoms with Crippen molar-refractivity contribution in [3.8, 4) is 0 Å². The van der Waals surface area contributed by atoms with Crippen LogP contribution in [0.15, 0.2) is 12.2 Å². The predicted molar refractivity (Wildman–Crippen MR) is 320 cm³/mol. The SMILES string of the molecule is CCCCCCCCCCCCCCCCCCCCCC(O)C(CO)NC(=O)CCCCCCCCC/C=C\CCCCCCCCCCCCCCOC(=O)CCCCCCCCCCCCCCCC. The average Bonchev–Trinajstić information content (AvgIpc) is 3.39. The fraction of sp³-hybridized carbons (Fsp3) is 0.940. The second-order valence-electron chi connectivity index (χ2n) is 23.2. The summed E-state index contributed by atoms with van der Waals surface area (Å²) in [7, 11) is 0. The van der Waals surface area contributed by atoms with Crippen LogP contribution in [0.4, 0.5) is 0 Å². The number of carbonyl (C=O) groups excluding carboxylic acids is 2. The minimum Gasteiger partial charge on any atom is -0.466 e. The minimum atomic E-state index is -0.668. The fourth-order valence-corrected chi connectivity index (χ4v) is 10.7. The molecule has 0 aliphatic carbocycles. The molecule has 0 aromatic rings. The summed E-state index contributed by atoms with van der Waals surface area (Å²) < 4.78 is 5.49. The molecule has 6 heteroatoms. The molecule has 73 heavy (non-hydrogen) atoms. The highest BCUT2D eigenvalue weighted by Crippen LogP contribution is 2.19. The maximum Gasteiger partial charge on any atom is 0.305 e. The number of esters is 1. The topological polar surface area (TPSA) is 95.9 Å². The van der Waals surface area contributed by atoms with E-state index < -0.39 is 12.1 Å². The first-order valence-electron chi connectivity index (χ1n) is 33.4. The van der Waals surface area contributed by atoms with Gasteiger partial charge in [0.05, 0.1) is 25.4 Å². The summed E-state index contributed by atoms with van der Waals surface area (Å²) in [5, 5.41) is 23.4. The Bertz CT molecular complexity index is 1100. The number of hydrogen-bond acceptors (Lipinski definition) is 5. The largest absolute Gasteiger partial charge is 0.466 e. The molecular weight excluding hydrogens is 899 g/mol. The van der Waals surface area contributed by atoms with E-state index in [2.05, 4.69) is 31.3 Å². The Labute approximate surface area is 457 Å². The lowest BCUT2D eigenvalue weighted by Crippen LogP contribution is -2.45. The molecule has 2 unspecified atom stereocenters. The summed E-state index contributed by atoms with van der Waals surface area (Å²) in [5.41, 5.74) is 0. The number of hydrogen-bond donors (Lipinski definition) is 3. The molecule has 6 nitrogen and oxygen atoms in total. The summed E-state index contributed by atoms with van der Waals surface area (Å²) in [6.45, 7) is 4.99. The maximum absolute atomic E-state index is 12.5. The molecule has 0 rings (SSSR count). The Hall–Kier alpha value is -1.40. The third-order valence-corrected chi connectivity index (χ3v) is 15.8. The van der Waals surface area contributed by atoms with E-state index in [1.807, 2.05) is 0 Å². The van der Waals surface area contributed by atoms with Gasteiger partial charge in [0.1, 0.15) is 0 Å². The van der Waals surface area contributed by atoms with Crippen LogP contribution in [0.3, 0.4) is 0 Å². The van der Waals surface area contributed by atoms with Crippen LogP contribution in [-0.2, 0) is 14.3 Å². The zero-order chi connectivity index (χ0) is 52.9. The lowest BCUT2D eigenvalue weighted by molar-refractivity contribution is -0.143. The number of aliphatic hydroxyl groups excluding tert-OH is 2. The molecule has 0 fully saturated rings. The van der Waals surface area contributed by atoms with Gasteiger partial charge in [0.2, 0.25) is 5.91 Å². The van der Waals surface area contributed by atoms with E-state index in [1.165, 1.54) is 308 Å². The summed E-state index contributed by atoms with van der Waals surface area (Å²) in [5.74, 6) is -0.0225. The van der Waals surface area contributed by atoms with Crippen LogP contribution < -0.4 is 5.32 Å². The monoisotopic (exact) mass is 1030 g/mol. The van der Waals surface area contributed by atoms with Crippen molar-refractivity contribution in [2.24, 2.45) is 0 Å². The van der Waals surface area contributed by atoms with Crippen LogP contribution in [0.25, 0.3) is 0 Å². The molecule has 0 saturated carbocycles. The molecule has 0 aliphatic heterocycles. The minimum absolute atomic E-state index is 0.0148. The number of allylic oxidation sites excluding steroid dienone is 2. The predicted octanol–water partition coefficient (Wildman–Crippen LogP) is 21.2. The van der Waals surface area contributed by atoms with Gasteiger partial charge in [0, 0.05) is 12.8 Å². The molecule has 0 aromatic heterocycles. The zero-order valence-electron chi connectivity index (χ0n) is 49.6. The molecule has 2 atom stereocenters. The number of nitrogens with one attached hydrogen (secondary N) is 1. The van der Waals surface area contributed by atoms with Crippen LogP contribution in [-0.4, -0.2) is 47.4 Å². The lowest BCUT2D eigenvalue weighted by atomic mass is 10.0. The summed E-state index contributed by atoms with van der Waals surface area (Å²) >= 11 is 0. The highest BCUT2D eigenvalue weighted by Gasteiger charge is 2.20. The fourth-order valence-electron chi connectivity index (χ4n) is 10.7. The Morgan fingerprint density at radius 2 is 0.644 bits per heavy atom. The molecule has 0 spiro atoms. The first kappa shape index (κ1) is 71.6. The Balaban J connectivity index is 3.40. The smallest absolute Gasteiger partial charge is 0.305 e. The first-order valence-corrected chi connectivity index (χ1v) is 33.4. The highest BCUT2D eigenvalue weighted by molar-refractivity contribution is 5.76. The van der Waals surface area contributed by atoms with E-state index in [1.54, 1.807) is 0 Å². The van der Waals surface area contributed by atoms with Gasteiger partial charge in [-0.15, -0.1) is 0 Å². The van der Waals surface area contributed by atoms with Gasteiger partial charge in [-0.1, -0.05) is 328 Å². The lowest BCUT2D eigenvalue weighted by Gasteiger charge is -2.22. The van der Waals surface area contributed by atoms with E-state index in [0.29, 0.717) is 25.9 Å². The number of ether oxygens (including phenoxy) is 1. The molecule has 0 aliphatic rings. The standard InChI is InChI=1S/C67H131NO5/c1-3-5-7-9-11-13-15-17-19-20-26-29-32-35-39-43-47-51-55-59-65(70)64(63-69)68-66(71)60-56-52-48-44-40-36-33-30-27-24-22-21-23-25-28-31-34-38-42-46-50-54-58-62-73-67(72)61-57-53-49-45-41-37-18-16-14-12-10-8-6-4-2/h24,27,64-65,69-70H,3-23,25-26,28-63H2,1-2H3,(H,68,71)/b27-24-. The van der Waals surface area contributed by atoms with E-state index in [-0.39, 0.29) is 18.5 Å². The van der Waals surface area contributed by atoms with Crippen LogP contribution in [0.1, 0.15) is 380 Å². The zero-order valence-corrected chi connectivity index (χ0v) is 49.6. The van der Waals surface area contributed by atoms with Gasteiger partial charge in [0.15, 0.2) is 0 Å². The van der Waals surface area contributed by atoms with Crippen molar-refractivity contribution in [3.05, 3.63) is 12.2 Å². The third-order valence-electron chi connectivity index (χ3n) is 15.8. The van der Waals surface area contributed by atoms with Gasteiger partial charge >= 0.3 is 5.97 Å². The Kier molecular flexibility index (Phi) is 61.9. The van der Waals surface area contributed by atoms with Crippen LogP contribution >= 0.6 is 0 Å². The van der Waals surface area contributed by atoms with Crippen molar-refractivity contribution < 1.29 is 24.5 Å². The van der Waals surface area contributed by atoms with Crippen LogP contribution in [0, 0.1) is 0 Å². The molecule has 0 bridgehead atoms. The number of carbonyl (C=O) groups is 2. The van der Waals surface area contributed by atoms with Gasteiger partial charge in [-0.3, -0.25) is 9.59 Å². The van der Waals surface area contributed by atoms with Crippen molar-refractivity contribution in [3.63, 3.8) is 0 Å². The first-order chi connectivity index (χ1) is 36.0. The summed E-state index contributed by atoms with van der Waals surface area (Å²) in [4.78, 5) is 24.6. The quantitative estimate of drug-likeness (QED) is 0.0320. The van der Waals surface area contributed by atoms with E-state index in [9.17, 15) is 19.8 Å². The van der Waals surface area contributed by atoms with Gasteiger partial charge in [0.25, 0.3) is 0 Å². The van der Waals surface area contributed by atoms with Crippen LogP contribution in [0.2, 0.25) is 0 Å². The molecule has 0 aromatic carbocycles. The van der Waals surface area contributed by atoms with E-state index in [4.69, 9.17) is 4.74 Å². The summed E-state index contributed by atoms with van der Waals surface area (Å²) in [6.07, 6.45) is 76.6. The molecule has 0 heterocycles. The van der Waals surface area contributed by atoms with Gasteiger partial charge in [-0.25, -0.2) is 0 Å². The van der Waals surface area contributed by atoms with Crippen molar-refractivity contribution >= 4 is 11.9 Å². The normalized spacial score (nSPS) is 12.5. The van der Waals surface area contributed by atoms with Crippen molar-refractivity contribution in [1.29, 1.82) is 0 Å². The molecule has 0 saturated heterocycles. The number of aliphatic hydroxyl groups is 2. The van der Waals surface area contributed by atoms with E-state index >= 15 is 0 Å². The van der Waals surface area contributed by atoms with Crippen molar-refractivity contribution in [2.75, 3.05) is 13.2 Å². The molecular formula is C67H131NO5. The van der Waals surface area contributed by atoms with Crippen molar-refractivity contribution in [1.82, 2.24) is 5.32 Å². The highest BCUT2D eigenvalue weighted by atomic mass is 16.5. The number of rotatable bonds is 63. The molecule has 0 radical (unpaired) electrons. The van der Waals surface area contributed by atoms with Gasteiger partial charge < -0.3 is 20.3 Å². The van der Waals surface area contributed by atoms with Crippen LogP contribution in [0.5, 0.6) is 0 Å². The summed E-state index contributed by atoms with van der Waals surface area (Å²) in [6, 6.07) is -0.546. The molecule has 434 valence electrons.